The first kappa shape index (κ1) is 13.4. The molecule has 106 valence electrons. The summed E-state index contributed by atoms with van der Waals surface area (Å²) in [5.74, 6) is -0.144. The third-order valence-corrected chi connectivity index (χ3v) is 3.61. The first-order valence-electron chi connectivity index (χ1n) is 6.87. The van der Waals surface area contributed by atoms with Crippen LogP contribution in [0.15, 0.2) is 42.7 Å². The van der Waals surface area contributed by atoms with E-state index in [0.29, 0.717) is 11.2 Å². The quantitative estimate of drug-likeness (QED) is 0.780. The fraction of sp³-hybridized carbons (Fsp3) is 0.176. The molecular weight excluding hydrogens is 262 g/mol. The fourth-order valence-electron chi connectivity index (χ4n) is 2.33. The number of amides is 1. The van der Waals surface area contributed by atoms with Crippen LogP contribution in [-0.4, -0.2) is 15.3 Å². The second-order valence-corrected chi connectivity index (χ2v) is 5.29. The van der Waals surface area contributed by atoms with Crippen molar-refractivity contribution in [3.05, 3.63) is 65.1 Å². The molecule has 21 heavy (non-hydrogen) atoms. The average molecular weight is 279 g/mol. The Morgan fingerprint density at radius 2 is 1.95 bits per heavy atom. The molecule has 0 unspecified atom stereocenters. The summed E-state index contributed by atoms with van der Waals surface area (Å²) in [6, 6.07) is 9.54. The summed E-state index contributed by atoms with van der Waals surface area (Å²) in [4.78, 5) is 16.9. The van der Waals surface area contributed by atoms with Crippen LogP contribution in [0.1, 0.15) is 27.2 Å². The molecule has 4 heteroatoms. The molecule has 1 N–H and O–H groups in total. The van der Waals surface area contributed by atoms with Gasteiger partial charge < -0.3 is 9.72 Å². The van der Waals surface area contributed by atoms with Crippen molar-refractivity contribution in [2.75, 3.05) is 5.32 Å². The normalized spacial score (nSPS) is 10.8. The van der Waals surface area contributed by atoms with Gasteiger partial charge in [0, 0.05) is 18.1 Å². The number of anilines is 1. The van der Waals surface area contributed by atoms with Crippen molar-refractivity contribution in [1.29, 1.82) is 0 Å². The Morgan fingerprint density at radius 3 is 2.71 bits per heavy atom. The lowest BCUT2D eigenvalue weighted by molar-refractivity contribution is 0.102. The Labute approximate surface area is 123 Å². The third kappa shape index (κ3) is 2.52. The lowest BCUT2D eigenvalue weighted by atomic mass is 10.1. The van der Waals surface area contributed by atoms with Crippen molar-refractivity contribution in [1.82, 2.24) is 9.38 Å². The van der Waals surface area contributed by atoms with Crippen LogP contribution in [-0.2, 0) is 0 Å². The Balaban J connectivity index is 1.95. The van der Waals surface area contributed by atoms with Gasteiger partial charge >= 0.3 is 0 Å². The second kappa shape index (κ2) is 5.05. The van der Waals surface area contributed by atoms with E-state index >= 15 is 0 Å². The van der Waals surface area contributed by atoms with E-state index in [1.807, 2.05) is 54.9 Å². The number of carbonyl (C=O) groups excluding carboxylic acids is 1. The van der Waals surface area contributed by atoms with Crippen molar-refractivity contribution in [3.8, 4) is 0 Å². The lowest BCUT2D eigenvalue weighted by Gasteiger charge is -2.08. The van der Waals surface area contributed by atoms with Crippen LogP contribution in [0.4, 0.5) is 5.69 Å². The number of hydrogen-bond acceptors (Lipinski definition) is 2. The SMILES string of the molecule is Cc1cn2cccc(C(=O)Nc3ccc(C)c(C)c3)c2n1. The number of hydrogen-bond donors (Lipinski definition) is 1. The van der Waals surface area contributed by atoms with Gasteiger partial charge in [-0.3, -0.25) is 4.79 Å². The smallest absolute Gasteiger partial charge is 0.259 e. The molecule has 3 aromatic rings. The maximum absolute atomic E-state index is 12.5. The predicted octanol–water partition coefficient (Wildman–Crippen LogP) is 3.51. The number of pyridine rings is 1. The highest BCUT2D eigenvalue weighted by atomic mass is 16.1. The number of nitrogens with zero attached hydrogens (tertiary/aromatic N) is 2. The van der Waals surface area contributed by atoms with Gasteiger partial charge in [-0.05, 0) is 56.2 Å². The minimum Gasteiger partial charge on any atom is -0.322 e. The van der Waals surface area contributed by atoms with E-state index in [1.165, 1.54) is 5.56 Å². The summed E-state index contributed by atoms with van der Waals surface area (Å²) < 4.78 is 1.87. The third-order valence-electron chi connectivity index (χ3n) is 3.61. The monoisotopic (exact) mass is 279 g/mol. The van der Waals surface area contributed by atoms with E-state index in [9.17, 15) is 4.79 Å². The first-order chi connectivity index (χ1) is 10.0. The zero-order chi connectivity index (χ0) is 15.0. The van der Waals surface area contributed by atoms with Gasteiger partial charge in [0.05, 0.1) is 11.3 Å². The van der Waals surface area contributed by atoms with Gasteiger partial charge in [-0.1, -0.05) is 6.07 Å². The Kier molecular flexibility index (Phi) is 3.22. The molecule has 0 aliphatic heterocycles. The topological polar surface area (TPSA) is 46.4 Å². The standard InChI is InChI=1S/C17H17N3O/c1-11-6-7-14(9-12(11)2)19-17(21)15-5-4-8-20-10-13(3)18-16(15)20/h4-10H,1-3H3,(H,19,21). The van der Waals surface area contributed by atoms with Crippen LogP contribution in [0, 0.1) is 20.8 Å². The summed E-state index contributed by atoms with van der Waals surface area (Å²) in [7, 11) is 0. The van der Waals surface area contributed by atoms with Crippen molar-refractivity contribution < 1.29 is 4.79 Å². The van der Waals surface area contributed by atoms with Gasteiger partial charge in [-0.25, -0.2) is 4.98 Å². The molecule has 0 spiro atoms. The summed E-state index contributed by atoms with van der Waals surface area (Å²) >= 11 is 0. The van der Waals surface area contributed by atoms with Crippen LogP contribution in [0.3, 0.4) is 0 Å². The zero-order valence-corrected chi connectivity index (χ0v) is 12.3. The molecular formula is C17H17N3O. The summed E-state index contributed by atoms with van der Waals surface area (Å²) in [5.41, 5.74) is 5.30. The highest BCUT2D eigenvalue weighted by molar-refractivity contribution is 6.08. The molecule has 0 saturated heterocycles. The summed E-state index contributed by atoms with van der Waals surface area (Å²) in [6.07, 6.45) is 3.80. The first-order valence-corrected chi connectivity index (χ1v) is 6.87. The molecule has 1 aromatic carbocycles. The molecule has 0 bridgehead atoms. The number of rotatable bonds is 2. The molecule has 0 radical (unpaired) electrons. The van der Waals surface area contributed by atoms with Crippen molar-refractivity contribution >= 4 is 17.2 Å². The molecule has 0 aliphatic carbocycles. The Bertz CT molecular complexity index is 833. The summed E-state index contributed by atoms with van der Waals surface area (Å²) in [6.45, 7) is 6.00. The Hall–Kier alpha value is -2.62. The number of aryl methyl sites for hydroxylation is 3. The molecule has 2 heterocycles. The highest BCUT2D eigenvalue weighted by Crippen LogP contribution is 2.17. The van der Waals surface area contributed by atoms with E-state index in [0.717, 1.165) is 16.9 Å². The zero-order valence-electron chi connectivity index (χ0n) is 12.3. The predicted molar refractivity (Wildman–Crippen MR) is 83.8 cm³/mol. The van der Waals surface area contributed by atoms with Crippen molar-refractivity contribution in [2.24, 2.45) is 0 Å². The van der Waals surface area contributed by atoms with Crippen LogP contribution in [0.25, 0.3) is 5.65 Å². The van der Waals surface area contributed by atoms with Gasteiger partial charge in [0.15, 0.2) is 0 Å². The van der Waals surface area contributed by atoms with E-state index in [-0.39, 0.29) is 5.91 Å². The second-order valence-electron chi connectivity index (χ2n) is 5.29. The maximum Gasteiger partial charge on any atom is 0.259 e. The van der Waals surface area contributed by atoms with Crippen molar-refractivity contribution in [2.45, 2.75) is 20.8 Å². The van der Waals surface area contributed by atoms with Crippen LogP contribution in [0.2, 0.25) is 0 Å². The summed E-state index contributed by atoms with van der Waals surface area (Å²) in [5, 5.41) is 2.94. The minimum atomic E-state index is -0.144. The van der Waals surface area contributed by atoms with E-state index in [4.69, 9.17) is 0 Å². The maximum atomic E-state index is 12.5. The van der Waals surface area contributed by atoms with E-state index < -0.39 is 0 Å². The number of imidazole rings is 1. The lowest BCUT2D eigenvalue weighted by Crippen LogP contribution is -2.13. The van der Waals surface area contributed by atoms with Crippen LogP contribution < -0.4 is 5.32 Å². The Morgan fingerprint density at radius 1 is 1.14 bits per heavy atom. The molecule has 3 rings (SSSR count). The largest absolute Gasteiger partial charge is 0.322 e. The highest BCUT2D eigenvalue weighted by Gasteiger charge is 2.12. The van der Waals surface area contributed by atoms with Crippen LogP contribution in [0.5, 0.6) is 0 Å². The molecule has 2 aromatic heterocycles. The number of fused-ring (bicyclic) bond motifs is 1. The number of nitrogens with one attached hydrogen (secondary N) is 1. The molecule has 4 nitrogen and oxygen atoms in total. The number of carbonyl (C=O) groups is 1. The van der Waals surface area contributed by atoms with Crippen LogP contribution >= 0.6 is 0 Å². The molecule has 1 amide bonds. The molecule has 0 saturated carbocycles. The van der Waals surface area contributed by atoms with Gasteiger partial charge in [0.2, 0.25) is 0 Å². The van der Waals surface area contributed by atoms with Gasteiger partial charge in [-0.2, -0.15) is 0 Å². The number of aromatic nitrogens is 2. The molecule has 0 aliphatic rings. The van der Waals surface area contributed by atoms with E-state index in [2.05, 4.69) is 17.2 Å². The molecule has 0 atom stereocenters. The van der Waals surface area contributed by atoms with Gasteiger partial charge in [0.1, 0.15) is 5.65 Å². The average Bonchev–Trinajstić information content (AvgIpc) is 2.82. The fourth-order valence-corrected chi connectivity index (χ4v) is 2.33. The number of benzene rings is 1. The van der Waals surface area contributed by atoms with Gasteiger partial charge in [0.25, 0.3) is 5.91 Å². The molecule has 0 fully saturated rings. The van der Waals surface area contributed by atoms with Crippen molar-refractivity contribution in [3.63, 3.8) is 0 Å². The minimum absolute atomic E-state index is 0.144. The van der Waals surface area contributed by atoms with E-state index in [1.54, 1.807) is 6.07 Å². The van der Waals surface area contributed by atoms with Gasteiger partial charge in [-0.15, -0.1) is 0 Å².